The van der Waals surface area contributed by atoms with Crippen LogP contribution in [0.1, 0.15) is 34.6 Å². The van der Waals surface area contributed by atoms with Crippen LogP contribution < -0.4 is 0 Å². The van der Waals surface area contributed by atoms with Gasteiger partial charge in [0.2, 0.25) is 10.4 Å². The Bertz CT molecular complexity index is 230. The van der Waals surface area contributed by atoms with Gasteiger partial charge in [0, 0.05) is 0 Å². The highest BCUT2D eigenvalue weighted by Crippen LogP contribution is 2.03. The molecule has 0 aliphatic heterocycles. The first-order chi connectivity index (χ1) is 7.30. The number of rotatable bonds is 6. The molecule has 5 nitrogen and oxygen atoms in total. The fourth-order valence-corrected chi connectivity index (χ4v) is 1.77. The number of nitrogens with zero attached hydrogens (tertiary/aromatic N) is 1. The molecule has 0 saturated carbocycles. The van der Waals surface area contributed by atoms with Crippen LogP contribution in [0, 0.1) is 0 Å². The van der Waals surface area contributed by atoms with Crippen LogP contribution in [-0.2, 0) is 14.6 Å². The summed E-state index contributed by atoms with van der Waals surface area (Å²) in [5.41, 5.74) is 0. The van der Waals surface area contributed by atoms with Gasteiger partial charge >= 0.3 is 0 Å². The van der Waals surface area contributed by atoms with Gasteiger partial charge in [-0.1, -0.05) is 0 Å². The monoisotopic (exact) mass is 255 g/mol. The summed E-state index contributed by atoms with van der Waals surface area (Å²) in [6, 6.07) is 0. The van der Waals surface area contributed by atoms with Gasteiger partial charge in [-0.15, -0.1) is 0 Å². The molecule has 0 atom stereocenters. The predicted molar refractivity (Wildman–Crippen MR) is 63.7 cm³/mol. The minimum Gasteiger partial charge on any atom is -0.726 e. The Balaban J connectivity index is 0. The van der Waals surface area contributed by atoms with Crippen LogP contribution in [0.2, 0.25) is 0 Å². The number of quaternary nitrogens is 1. The second-order valence-corrected chi connectivity index (χ2v) is 4.47. The smallest absolute Gasteiger partial charge is 0.217 e. The van der Waals surface area contributed by atoms with Crippen molar-refractivity contribution < 1.29 is 21.6 Å². The van der Waals surface area contributed by atoms with Crippen molar-refractivity contribution in [1.29, 1.82) is 0 Å². The van der Waals surface area contributed by atoms with E-state index in [4.69, 9.17) is 0 Å². The summed E-state index contributed by atoms with van der Waals surface area (Å²) >= 11 is 0. The second-order valence-electron chi connectivity index (χ2n) is 3.42. The Morgan fingerprint density at radius 3 is 1.25 bits per heavy atom. The van der Waals surface area contributed by atoms with Crippen LogP contribution in [0.15, 0.2) is 0 Å². The molecule has 0 N–H and O–H groups in total. The standard InChI is InChI=1S/C8H20N.C2H6O4S/c1-5-9(6-2,7-3)8-4;1-2-6-7(3,4)5/h5-8H2,1-4H3;2H2,1H3,(H,3,4,5)/q+1;/p-1. The van der Waals surface area contributed by atoms with Gasteiger partial charge < -0.3 is 9.04 Å². The summed E-state index contributed by atoms with van der Waals surface area (Å²) in [6.07, 6.45) is 0. The van der Waals surface area contributed by atoms with Gasteiger partial charge in [-0.2, -0.15) is 0 Å². The van der Waals surface area contributed by atoms with Crippen molar-refractivity contribution >= 4 is 10.4 Å². The van der Waals surface area contributed by atoms with Crippen molar-refractivity contribution in [2.24, 2.45) is 0 Å². The summed E-state index contributed by atoms with van der Waals surface area (Å²) in [5.74, 6) is 0. The lowest BCUT2D eigenvalue weighted by molar-refractivity contribution is -0.921. The lowest BCUT2D eigenvalue weighted by Crippen LogP contribution is -2.47. The Kier molecular flexibility index (Phi) is 10.2. The number of hydrogen-bond acceptors (Lipinski definition) is 4. The molecule has 0 saturated heterocycles. The summed E-state index contributed by atoms with van der Waals surface area (Å²) < 4.78 is 33.3. The minimum absolute atomic E-state index is 0.0914. The zero-order valence-corrected chi connectivity index (χ0v) is 11.8. The molecular weight excluding hydrogens is 230 g/mol. The van der Waals surface area contributed by atoms with Crippen molar-refractivity contribution in [1.82, 2.24) is 0 Å². The normalized spacial score (nSPS) is 11.9. The molecule has 0 spiro atoms. The molecule has 0 amide bonds. The first kappa shape index (κ1) is 18.2. The fourth-order valence-electron chi connectivity index (χ4n) is 1.49. The highest BCUT2D eigenvalue weighted by atomic mass is 32.3. The van der Waals surface area contributed by atoms with E-state index in [1.807, 2.05) is 0 Å². The molecule has 0 rings (SSSR count). The summed E-state index contributed by atoms with van der Waals surface area (Å²) in [4.78, 5) is 0. The maximum Gasteiger partial charge on any atom is 0.217 e. The van der Waals surface area contributed by atoms with Gasteiger partial charge in [-0.3, -0.25) is 4.18 Å². The zero-order valence-electron chi connectivity index (χ0n) is 11.0. The average Bonchev–Trinajstić information content (AvgIpc) is 2.21. The van der Waals surface area contributed by atoms with Crippen molar-refractivity contribution in [3.8, 4) is 0 Å². The number of hydrogen-bond donors (Lipinski definition) is 0. The van der Waals surface area contributed by atoms with E-state index in [1.165, 1.54) is 37.6 Å². The first-order valence-electron chi connectivity index (χ1n) is 5.76. The van der Waals surface area contributed by atoms with Crippen LogP contribution in [0.5, 0.6) is 0 Å². The van der Waals surface area contributed by atoms with Gasteiger partial charge in [0.1, 0.15) is 0 Å². The molecule has 0 bridgehead atoms. The van der Waals surface area contributed by atoms with E-state index in [0.717, 1.165) is 0 Å². The quantitative estimate of drug-likeness (QED) is 0.408. The lowest BCUT2D eigenvalue weighted by atomic mass is 10.3. The second kappa shape index (κ2) is 8.92. The molecule has 0 heterocycles. The Labute approximate surface area is 100.0 Å². The molecule has 0 fully saturated rings. The van der Waals surface area contributed by atoms with Crippen molar-refractivity contribution in [3.05, 3.63) is 0 Å². The van der Waals surface area contributed by atoms with E-state index in [9.17, 15) is 13.0 Å². The third-order valence-corrected chi connectivity index (χ3v) is 3.47. The van der Waals surface area contributed by atoms with Crippen molar-refractivity contribution in [3.63, 3.8) is 0 Å². The molecule has 0 aliphatic carbocycles. The van der Waals surface area contributed by atoms with Crippen LogP contribution in [-0.4, -0.2) is 50.2 Å². The van der Waals surface area contributed by atoms with Gasteiger partial charge in [0.25, 0.3) is 0 Å². The molecule has 0 aliphatic rings. The van der Waals surface area contributed by atoms with Crippen molar-refractivity contribution in [2.45, 2.75) is 34.6 Å². The first-order valence-corrected chi connectivity index (χ1v) is 7.09. The van der Waals surface area contributed by atoms with Crippen LogP contribution >= 0.6 is 0 Å². The molecule has 0 aromatic rings. The van der Waals surface area contributed by atoms with E-state index in [1.54, 1.807) is 0 Å². The third kappa shape index (κ3) is 9.08. The van der Waals surface area contributed by atoms with E-state index < -0.39 is 10.4 Å². The van der Waals surface area contributed by atoms with E-state index in [0.29, 0.717) is 0 Å². The Hall–Kier alpha value is -0.170. The summed E-state index contributed by atoms with van der Waals surface area (Å²) in [6.45, 7) is 15.6. The summed E-state index contributed by atoms with van der Waals surface area (Å²) in [5, 5.41) is 0. The fraction of sp³-hybridized carbons (Fsp3) is 1.00. The minimum atomic E-state index is -4.42. The lowest BCUT2D eigenvalue weighted by Gasteiger charge is -2.34. The summed E-state index contributed by atoms with van der Waals surface area (Å²) in [7, 11) is -4.42. The van der Waals surface area contributed by atoms with Gasteiger partial charge in [0.15, 0.2) is 0 Å². The topological polar surface area (TPSA) is 66.4 Å². The van der Waals surface area contributed by atoms with Crippen LogP contribution in [0.4, 0.5) is 0 Å². The maximum atomic E-state index is 9.45. The highest BCUT2D eigenvalue weighted by Gasteiger charge is 2.16. The van der Waals surface area contributed by atoms with E-state index in [2.05, 4.69) is 31.9 Å². The highest BCUT2D eigenvalue weighted by molar-refractivity contribution is 7.80. The molecule has 0 unspecified atom stereocenters. The molecule has 0 radical (unpaired) electrons. The zero-order chi connectivity index (χ0) is 13.2. The van der Waals surface area contributed by atoms with E-state index in [-0.39, 0.29) is 6.61 Å². The molecule has 0 aromatic carbocycles. The van der Waals surface area contributed by atoms with Gasteiger partial charge in [-0.05, 0) is 34.6 Å². The van der Waals surface area contributed by atoms with Gasteiger partial charge in [0.05, 0.1) is 32.8 Å². The van der Waals surface area contributed by atoms with Gasteiger partial charge in [-0.25, -0.2) is 8.42 Å². The van der Waals surface area contributed by atoms with Crippen LogP contribution in [0.25, 0.3) is 0 Å². The van der Waals surface area contributed by atoms with Crippen LogP contribution in [0.3, 0.4) is 0 Å². The molecule has 100 valence electrons. The maximum absolute atomic E-state index is 9.45. The molecule has 0 aromatic heterocycles. The molecular formula is C10H25NO4S. The Morgan fingerprint density at radius 2 is 1.25 bits per heavy atom. The molecule has 16 heavy (non-hydrogen) atoms. The average molecular weight is 255 g/mol. The third-order valence-electron chi connectivity index (χ3n) is 2.95. The predicted octanol–water partition coefficient (Wildman–Crippen LogP) is 1.37. The molecule has 6 heteroatoms. The largest absolute Gasteiger partial charge is 0.726 e. The van der Waals surface area contributed by atoms with Crippen molar-refractivity contribution in [2.75, 3.05) is 32.8 Å². The van der Waals surface area contributed by atoms with E-state index >= 15 is 0 Å². The SMILES string of the molecule is CCOS(=O)(=O)[O-].CC[N+](CC)(CC)CC. The Morgan fingerprint density at radius 1 is 0.938 bits per heavy atom.